The topological polar surface area (TPSA) is 27.7 Å². The fraction of sp³-hybridized carbons (Fsp3) is 1.00. The van der Waals surface area contributed by atoms with Crippen molar-refractivity contribution in [2.24, 2.45) is 5.92 Å². The summed E-state index contributed by atoms with van der Waals surface area (Å²) in [5.41, 5.74) is 0.458. The fourth-order valence-electron chi connectivity index (χ4n) is 2.04. The monoisotopic (exact) mass is 218 g/mol. The Kier molecular flexibility index (Phi) is 4.57. The van der Waals surface area contributed by atoms with E-state index in [1.807, 2.05) is 0 Å². The quantitative estimate of drug-likeness (QED) is 0.401. The van der Waals surface area contributed by atoms with E-state index < -0.39 is 8.07 Å². The summed E-state index contributed by atoms with van der Waals surface area (Å²) in [4.78, 5) is 0. The summed E-state index contributed by atoms with van der Waals surface area (Å²) in [6, 6.07) is 0. The molecule has 0 radical (unpaired) electrons. The molecule has 0 amide bonds. The van der Waals surface area contributed by atoms with Crippen LogP contribution in [0.15, 0.2) is 0 Å². The van der Waals surface area contributed by atoms with Crippen LogP contribution in [0.4, 0.5) is 0 Å². The Hall–Kier alpha value is 0.0969. The lowest BCUT2D eigenvalue weighted by Gasteiger charge is -2.29. The molecular formula is C10H22O3Si. The van der Waals surface area contributed by atoms with Gasteiger partial charge in [0.1, 0.15) is 6.79 Å². The van der Waals surface area contributed by atoms with Crippen LogP contribution in [0.5, 0.6) is 0 Å². The van der Waals surface area contributed by atoms with E-state index in [1.54, 1.807) is 7.11 Å². The van der Waals surface area contributed by atoms with Gasteiger partial charge in [0.25, 0.3) is 0 Å². The smallest absolute Gasteiger partial charge is 0.146 e. The van der Waals surface area contributed by atoms with Gasteiger partial charge in [-0.2, -0.15) is 0 Å². The van der Waals surface area contributed by atoms with Gasteiger partial charge in [-0.3, -0.25) is 0 Å². The summed E-state index contributed by atoms with van der Waals surface area (Å²) in [6.07, 6.45) is 1.14. The van der Waals surface area contributed by atoms with Crippen molar-refractivity contribution in [3.63, 3.8) is 0 Å². The van der Waals surface area contributed by atoms with Crippen LogP contribution in [-0.2, 0) is 14.2 Å². The molecule has 0 aromatic carbocycles. The minimum atomic E-state index is -1.19. The largest absolute Gasteiger partial charge is 0.381 e. The molecule has 0 N–H and O–H groups in total. The van der Waals surface area contributed by atoms with Crippen molar-refractivity contribution in [3.8, 4) is 0 Å². The van der Waals surface area contributed by atoms with Gasteiger partial charge in [-0.25, -0.2) is 0 Å². The highest BCUT2D eigenvalue weighted by atomic mass is 28.3. The summed E-state index contributed by atoms with van der Waals surface area (Å²) in [7, 11) is 0.463. The van der Waals surface area contributed by atoms with Gasteiger partial charge in [0, 0.05) is 19.6 Å². The van der Waals surface area contributed by atoms with Crippen molar-refractivity contribution >= 4 is 8.07 Å². The maximum Gasteiger partial charge on any atom is 0.146 e. The van der Waals surface area contributed by atoms with Crippen molar-refractivity contribution in [2.75, 3.05) is 27.1 Å². The van der Waals surface area contributed by atoms with Gasteiger partial charge < -0.3 is 14.2 Å². The van der Waals surface area contributed by atoms with E-state index >= 15 is 0 Å². The number of ether oxygens (including phenoxy) is 3. The fourth-order valence-corrected chi connectivity index (χ4v) is 4.34. The predicted octanol–water partition coefficient (Wildman–Crippen LogP) is 1.89. The molecule has 0 aromatic heterocycles. The molecule has 0 aliphatic carbocycles. The van der Waals surface area contributed by atoms with Crippen molar-refractivity contribution in [2.45, 2.75) is 31.8 Å². The molecule has 0 unspecified atom stereocenters. The lowest BCUT2D eigenvalue weighted by Crippen LogP contribution is -2.43. The molecule has 0 aromatic rings. The molecule has 1 saturated heterocycles. The number of methoxy groups -OCH3 is 1. The highest BCUT2D eigenvalue weighted by Crippen LogP contribution is 2.28. The highest BCUT2D eigenvalue weighted by molar-refractivity contribution is 6.77. The first-order valence-electron chi connectivity index (χ1n) is 5.24. The van der Waals surface area contributed by atoms with E-state index in [-0.39, 0.29) is 0 Å². The van der Waals surface area contributed by atoms with Gasteiger partial charge in [-0.05, 0) is 6.42 Å². The van der Waals surface area contributed by atoms with E-state index in [0.717, 1.165) is 19.6 Å². The van der Waals surface area contributed by atoms with Crippen LogP contribution in [0, 0.1) is 5.92 Å². The Bertz CT molecular complexity index is 167. The molecule has 84 valence electrons. The zero-order valence-electron chi connectivity index (χ0n) is 9.71. The number of hydrogen-bond donors (Lipinski definition) is 0. The van der Waals surface area contributed by atoms with Gasteiger partial charge in [-0.1, -0.05) is 19.6 Å². The van der Waals surface area contributed by atoms with Crippen molar-refractivity contribution in [1.82, 2.24) is 0 Å². The van der Waals surface area contributed by atoms with Crippen LogP contribution in [0.3, 0.4) is 0 Å². The van der Waals surface area contributed by atoms with Crippen LogP contribution in [0.2, 0.25) is 19.6 Å². The second kappa shape index (κ2) is 5.26. The van der Waals surface area contributed by atoms with Crippen molar-refractivity contribution in [1.29, 1.82) is 0 Å². The molecule has 1 aliphatic rings. The summed E-state index contributed by atoms with van der Waals surface area (Å²) < 4.78 is 16.1. The Morgan fingerprint density at radius 3 is 2.64 bits per heavy atom. The van der Waals surface area contributed by atoms with Crippen LogP contribution in [0.1, 0.15) is 6.42 Å². The van der Waals surface area contributed by atoms with Crippen molar-refractivity contribution in [3.05, 3.63) is 0 Å². The third kappa shape index (κ3) is 3.35. The van der Waals surface area contributed by atoms with Gasteiger partial charge in [-0.15, -0.1) is 0 Å². The minimum absolute atomic E-state index is 0.398. The summed E-state index contributed by atoms with van der Waals surface area (Å²) in [5, 5.41) is 0. The molecule has 3 nitrogen and oxygen atoms in total. The molecule has 4 heteroatoms. The Labute approximate surface area is 87.7 Å². The third-order valence-electron chi connectivity index (χ3n) is 2.60. The second-order valence-electron chi connectivity index (χ2n) is 4.98. The predicted molar refractivity (Wildman–Crippen MR) is 59.0 cm³/mol. The lowest BCUT2D eigenvalue weighted by molar-refractivity contribution is -0.0468. The van der Waals surface area contributed by atoms with Gasteiger partial charge in [0.2, 0.25) is 0 Å². The average Bonchev–Trinajstić information content (AvgIpc) is 2.52. The molecule has 1 aliphatic heterocycles. The Morgan fingerprint density at radius 2 is 2.07 bits per heavy atom. The zero-order chi connectivity index (χ0) is 10.6. The van der Waals surface area contributed by atoms with E-state index in [4.69, 9.17) is 14.2 Å². The molecule has 0 spiro atoms. The first-order chi connectivity index (χ1) is 6.55. The molecule has 14 heavy (non-hydrogen) atoms. The SMILES string of the molecule is COCOC[C@@H]1CCO[C@@H]1[Si](C)(C)C. The first kappa shape index (κ1) is 12.2. The van der Waals surface area contributed by atoms with Gasteiger partial charge >= 0.3 is 0 Å². The summed E-state index contributed by atoms with van der Waals surface area (Å²) >= 11 is 0. The number of rotatable bonds is 5. The summed E-state index contributed by atoms with van der Waals surface area (Å²) in [6.45, 7) is 9.14. The molecule has 0 bridgehead atoms. The molecule has 1 heterocycles. The second-order valence-corrected chi connectivity index (χ2v) is 10.3. The van der Waals surface area contributed by atoms with E-state index in [1.165, 1.54) is 0 Å². The number of hydrogen-bond acceptors (Lipinski definition) is 3. The van der Waals surface area contributed by atoms with Crippen LogP contribution >= 0.6 is 0 Å². The van der Waals surface area contributed by atoms with Crippen LogP contribution < -0.4 is 0 Å². The van der Waals surface area contributed by atoms with E-state index in [9.17, 15) is 0 Å². The van der Waals surface area contributed by atoms with E-state index in [2.05, 4.69) is 19.6 Å². The average molecular weight is 218 g/mol. The van der Waals surface area contributed by atoms with Gasteiger partial charge in [0.05, 0.1) is 20.4 Å². The molecule has 1 fully saturated rings. The minimum Gasteiger partial charge on any atom is -0.381 e. The maximum absolute atomic E-state index is 5.80. The Morgan fingerprint density at radius 1 is 1.36 bits per heavy atom. The molecule has 2 atom stereocenters. The van der Waals surface area contributed by atoms with Gasteiger partial charge in [0.15, 0.2) is 0 Å². The zero-order valence-corrected chi connectivity index (χ0v) is 10.7. The van der Waals surface area contributed by atoms with Crippen molar-refractivity contribution < 1.29 is 14.2 Å². The normalized spacial score (nSPS) is 28.3. The van der Waals surface area contributed by atoms with E-state index in [0.29, 0.717) is 18.4 Å². The maximum atomic E-state index is 5.80. The summed E-state index contributed by atoms with van der Waals surface area (Å²) in [5.74, 6) is 0.580. The Balaban J connectivity index is 2.36. The van der Waals surface area contributed by atoms with Crippen LogP contribution in [0.25, 0.3) is 0 Å². The molecular weight excluding hydrogens is 196 g/mol. The molecule has 0 saturated carbocycles. The third-order valence-corrected chi connectivity index (χ3v) is 4.95. The first-order valence-corrected chi connectivity index (χ1v) is 8.81. The highest BCUT2D eigenvalue weighted by Gasteiger charge is 2.38. The standard InChI is InChI=1S/C10H22O3Si/c1-11-8-12-7-9-5-6-13-10(9)14(2,3)4/h9-10H,5-8H2,1-4H3/t9-,10+/m0/s1. The lowest BCUT2D eigenvalue weighted by atomic mass is 10.1. The van der Waals surface area contributed by atoms with Crippen LogP contribution in [-0.4, -0.2) is 40.9 Å². The molecule has 1 rings (SSSR count).